The first-order valence-electron chi connectivity index (χ1n) is 7.61. The molecule has 2 aromatic carbocycles. The molecule has 1 heterocycles. The second kappa shape index (κ2) is 6.73. The highest BCUT2D eigenvalue weighted by molar-refractivity contribution is 9.10. The molecule has 3 rings (SSSR count). The highest BCUT2D eigenvalue weighted by atomic mass is 79.9. The standard InChI is InChI=1S/C18H16BrFN2O2/c1-12-17(23)22(14-8-6-13(19)7-9-14)11-10-21(12)18(24)15-4-2-3-5-16(15)20/h2-9,12H,10-11H2,1H3. The SMILES string of the molecule is CC1C(=O)N(c2ccc(Br)cc2)CCN1C(=O)c1ccccc1F. The molecule has 2 aromatic rings. The van der Waals surface area contributed by atoms with Crippen LogP contribution in [0.2, 0.25) is 0 Å². The van der Waals surface area contributed by atoms with E-state index < -0.39 is 17.8 Å². The number of rotatable bonds is 2. The van der Waals surface area contributed by atoms with E-state index in [-0.39, 0.29) is 11.5 Å². The summed E-state index contributed by atoms with van der Waals surface area (Å²) in [7, 11) is 0. The zero-order valence-electron chi connectivity index (χ0n) is 13.1. The van der Waals surface area contributed by atoms with Crippen molar-refractivity contribution < 1.29 is 14.0 Å². The molecule has 0 N–H and O–H groups in total. The van der Waals surface area contributed by atoms with Crippen LogP contribution < -0.4 is 4.90 Å². The van der Waals surface area contributed by atoms with Crippen LogP contribution in [0.5, 0.6) is 0 Å². The number of carbonyl (C=O) groups is 2. The van der Waals surface area contributed by atoms with Crippen LogP contribution in [0.1, 0.15) is 17.3 Å². The largest absolute Gasteiger partial charge is 0.325 e. The maximum absolute atomic E-state index is 13.9. The Morgan fingerprint density at radius 2 is 1.79 bits per heavy atom. The molecule has 6 heteroatoms. The maximum Gasteiger partial charge on any atom is 0.257 e. The van der Waals surface area contributed by atoms with Gasteiger partial charge in [0.05, 0.1) is 5.56 Å². The van der Waals surface area contributed by atoms with E-state index in [1.165, 1.54) is 23.1 Å². The Kier molecular flexibility index (Phi) is 4.66. The van der Waals surface area contributed by atoms with E-state index in [1.807, 2.05) is 24.3 Å². The number of nitrogens with zero attached hydrogens (tertiary/aromatic N) is 2. The molecule has 1 atom stereocenters. The minimum atomic E-state index is -0.644. The third kappa shape index (κ3) is 3.06. The third-order valence-corrected chi connectivity index (χ3v) is 4.69. The molecule has 1 unspecified atom stereocenters. The van der Waals surface area contributed by atoms with Gasteiger partial charge in [0.1, 0.15) is 11.9 Å². The van der Waals surface area contributed by atoms with Crippen LogP contribution in [-0.2, 0) is 4.79 Å². The Balaban J connectivity index is 1.81. The lowest BCUT2D eigenvalue weighted by atomic mass is 10.1. The molecule has 1 aliphatic heterocycles. The molecule has 0 saturated carbocycles. The number of halogens is 2. The van der Waals surface area contributed by atoms with Gasteiger partial charge in [0.2, 0.25) is 5.91 Å². The fraction of sp³-hybridized carbons (Fsp3) is 0.222. The van der Waals surface area contributed by atoms with E-state index >= 15 is 0 Å². The van der Waals surface area contributed by atoms with E-state index in [0.29, 0.717) is 13.1 Å². The summed E-state index contributed by atoms with van der Waals surface area (Å²) >= 11 is 3.37. The molecule has 0 spiro atoms. The Labute approximate surface area is 148 Å². The monoisotopic (exact) mass is 390 g/mol. The predicted octanol–water partition coefficient (Wildman–Crippen LogP) is 3.47. The molecule has 1 saturated heterocycles. The second-order valence-corrected chi connectivity index (χ2v) is 6.54. The number of anilines is 1. The average molecular weight is 391 g/mol. The summed E-state index contributed by atoms with van der Waals surface area (Å²) in [6.45, 7) is 2.41. The van der Waals surface area contributed by atoms with Crippen LogP contribution in [0.25, 0.3) is 0 Å². The third-order valence-electron chi connectivity index (χ3n) is 4.16. The van der Waals surface area contributed by atoms with Crippen molar-refractivity contribution in [2.45, 2.75) is 13.0 Å². The van der Waals surface area contributed by atoms with Crippen molar-refractivity contribution in [2.24, 2.45) is 0 Å². The van der Waals surface area contributed by atoms with Gasteiger partial charge in [0, 0.05) is 23.2 Å². The number of hydrogen-bond acceptors (Lipinski definition) is 2. The second-order valence-electron chi connectivity index (χ2n) is 5.62. The van der Waals surface area contributed by atoms with Gasteiger partial charge < -0.3 is 9.80 Å². The molecule has 0 radical (unpaired) electrons. The van der Waals surface area contributed by atoms with Crippen LogP contribution in [0.15, 0.2) is 53.0 Å². The van der Waals surface area contributed by atoms with E-state index in [0.717, 1.165) is 10.2 Å². The first kappa shape index (κ1) is 16.6. The molecular formula is C18H16BrFN2O2. The van der Waals surface area contributed by atoms with Crippen LogP contribution in [0.3, 0.4) is 0 Å². The first-order chi connectivity index (χ1) is 11.5. The summed E-state index contributed by atoms with van der Waals surface area (Å²) in [4.78, 5) is 28.3. The van der Waals surface area contributed by atoms with Gasteiger partial charge in [-0.2, -0.15) is 0 Å². The van der Waals surface area contributed by atoms with Gasteiger partial charge >= 0.3 is 0 Å². The van der Waals surface area contributed by atoms with E-state index in [2.05, 4.69) is 15.9 Å². The van der Waals surface area contributed by atoms with E-state index in [1.54, 1.807) is 17.9 Å². The van der Waals surface area contributed by atoms with Crippen LogP contribution in [-0.4, -0.2) is 35.8 Å². The molecule has 24 heavy (non-hydrogen) atoms. The van der Waals surface area contributed by atoms with Crippen LogP contribution in [0.4, 0.5) is 10.1 Å². The topological polar surface area (TPSA) is 40.6 Å². The summed E-state index contributed by atoms with van der Waals surface area (Å²) < 4.78 is 14.8. The molecule has 0 bridgehead atoms. The van der Waals surface area contributed by atoms with Gasteiger partial charge in [-0.05, 0) is 43.3 Å². The molecule has 124 valence electrons. The zero-order valence-corrected chi connectivity index (χ0v) is 14.7. The average Bonchev–Trinajstić information content (AvgIpc) is 2.58. The summed E-state index contributed by atoms with van der Waals surface area (Å²) in [6, 6.07) is 12.6. The Bertz CT molecular complexity index is 779. The van der Waals surface area contributed by atoms with Crippen molar-refractivity contribution in [3.63, 3.8) is 0 Å². The smallest absolute Gasteiger partial charge is 0.257 e. The summed E-state index contributed by atoms with van der Waals surface area (Å²) in [6.07, 6.45) is 0. The van der Waals surface area contributed by atoms with Gasteiger partial charge in [-0.1, -0.05) is 28.1 Å². The lowest BCUT2D eigenvalue weighted by Crippen LogP contribution is -2.57. The molecule has 2 amide bonds. The van der Waals surface area contributed by atoms with Gasteiger partial charge in [-0.15, -0.1) is 0 Å². The lowest BCUT2D eigenvalue weighted by molar-refractivity contribution is -0.124. The van der Waals surface area contributed by atoms with Crippen molar-refractivity contribution in [3.05, 3.63) is 64.4 Å². The van der Waals surface area contributed by atoms with Crippen LogP contribution >= 0.6 is 15.9 Å². The normalized spacial score (nSPS) is 18.0. The summed E-state index contributed by atoms with van der Waals surface area (Å²) in [5.41, 5.74) is 0.780. The zero-order chi connectivity index (χ0) is 17.3. The predicted molar refractivity (Wildman–Crippen MR) is 93.4 cm³/mol. The first-order valence-corrected chi connectivity index (χ1v) is 8.41. The Morgan fingerprint density at radius 3 is 2.46 bits per heavy atom. The quantitative estimate of drug-likeness (QED) is 0.787. The van der Waals surface area contributed by atoms with Gasteiger partial charge in [0.25, 0.3) is 5.91 Å². The molecule has 0 aliphatic carbocycles. The minimum absolute atomic E-state index is 0.00533. The minimum Gasteiger partial charge on any atom is -0.325 e. The number of piperazine rings is 1. The molecule has 4 nitrogen and oxygen atoms in total. The molecule has 1 fully saturated rings. The summed E-state index contributed by atoms with van der Waals surface area (Å²) in [5, 5.41) is 0. The van der Waals surface area contributed by atoms with Crippen molar-refractivity contribution in [1.82, 2.24) is 4.90 Å². The van der Waals surface area contributed by atoms with E-state index in [4.69, 9.17) is 0 Å². The van der Waals surface area contributed by atoms with Crippen LogP contribution in [0, 0.1) is 5.82 Å². The lowest BCUT2D eigenvalue weighted by Gasteiger charge is -2.39. The van der Waals surface area contributed by atoms with E-state index in [9.17, 15) is 14.0 Å². The fourth-order valence-electron chi connectivity index (χ4n) is 2.81. The van der Waals surface area contributed by atoms with Crippen molar-refractivity contribution in [2.75, 3.05) is 18.0 Å². The Morgan fingerprint density at radius 1 is 1.12 bits per heavy atom. The number of hydrogen-bond donors (Lipinski definition) is 0. The highest BCUT2D eigenvalue weighted by Crippen LogP contribution is 2.24. The highest BCUT2D eigenvalue weighted by Gasteiger charge is 2.35. The maximum atomic E-state index is 13.9. The Hall–Kier alpha value is -2.21. The van der Waals surface area contributed by atoms with Crippen molar-refractivity contribution in [1.29, 1.82) is 0 Å². The van der Waals surface area contributed by atoms with Crippen molar-refractivity contribution >= 4 is 33.4 Å². The van der Waals surface area contributed by atoms with Gasteiger partial charge in [-0.3, -0.25) is 9.59 Å². The van der Waals surface area contributed by atoms with Crippen molar-refractivity contribution in [3.8, 4) is 0 Å². The number of carbonyl (C=O) groups excluding carboxylic acids is 2. The summed E-state index contributed by atoms with van der Waals surface area (Å²) in [5.74, 6) is -1.20. The molecule has 0 aromatic heterocycles. The number of amides is 2. The molecular weight excluding hydrogens is 375 g/mol. The molecule has 1 aliphatic rings. The van der Waals surface area contributed by atoms with Gasteiger partial charge in [-0.25, -0.2) is 4.39 Å². The number of benzene rings is 2. The fourth-order valence-corrected chi connectivity index (χ4v) is 3.08. The van der Waals surface area contributed by atoms with Gasteiger partial charge in [0.15, 0.2) is 0 Å².